The van der Waals surface area contributed by atoms with Crippen molar-refractivity contribution in [3.63, 3.8) is 0 Å². The van der Waals surface area contributed by atoms with Gasteiger partial charge in [-0.2, -0.15) is 0 Å². The molecule has 6 heteroatoms. The van der Waals surface area contributed by atoms with Crippen LogP contribution in [0.1, 0.15) is 0 Å². The second-order valence-corrected chi connectivity index (χ2v) is 4.45. The summed E-state index contributed by atoms with van der Waals surface area (Å²) in [7, 11) is 0.810. The van der Waals surface area contributed by atoms with Crippen molar-refractivity contribution in [1.82, 2.24) is 9.55 Å². The molecular weight excluding hydrogens is 202 g/mol. The second kappa shape index (κ2) is 4.90. The van der Waals surface area contributed by atoms with Crippen molar-refractivity contribution < 1.29 is 4.21 Å². The average Bonchev–Trinajstić information content (AvgIpc) is 2.12. The maximum absolute atomic E-state index is 11.4. The molecule has 0 spiro atoms. The van der Waals surface area contributed by atoms with Gasteiger partial charge < -0.3 is 9.88 Å². The smallest absolute Gasteiger partial charge is 0.293 e. The van der Waals surface area contributed by atoms with Crippen LogP contribution in [0.2, 0.25) is 0 Å². The van der Waals surface area contributed by atoms with Crippen LogP contribution in [0.4, 0.5) is 5.82 Å². The van der Waals surface area contributed by atoms with Crippen molar-refractivity contribution in [3.05, 3.63) is 22.7 Å². The summed E-state index contributed by atoms with van der Waals surface area (Å²) in [6, 6.07) is 0. The van der Waals surface area contributed by atoms with Crippen molar-refractivity contribution in [2.75, 3.05) is 23.9 Å². The van der Waals surface area contributed by atoms with Gasteiger partial charge >= 0.3 is 0 Å². The molecule has 0 radical (unpaired) electrons. The molecule has 0 aliphatic carbocycles. The molecule has 0 aliphatic heterocycles. The van der Waals surface area contributed by atoms with Gasteiger partial charge in [-0.05, 0) is 0 Å². The molecular formula is C8H13N3O2S. The molecule has 1 unspecified atom stereocenters. The highest BCUT2D eigenvalue weighted by Gasteiger charge is 2.00. The van der Waals surface area contributed by atoms with Crippen molar-refractivity contribution in [1.29, 1.82) is 0 Å². The van der Waals surface area contributed by atoms with E-state index in [2.05, 4.69) is 10.3 Å². The van der Waals surface area contributed by atoms with Crippen LogP contribution in [-0.2, 0) is 17.8 Å². The number of hydrogen-bond acceptors (Lipinski definition) is 4. The first-order valence-electron chi connectivity index (χ1n) is 4.17. The topological polar surface area (TPSA) is 64.0 Å². The molecule has 1 heterocycles. The summed E-state index contributed by atoms with van der Waals surface area (Å²) in [5.74, 6) is 0.820. The SMILES string of the molecule is Cn1ccnc(NCCS(C)=O)c1=O. The molecule has 0 bridgehead atoms. The zero-order chi connectivity index (χ0) is 10.6. The lowest BCUT2D eigenvalue weighted by atomic mass is 10.6. The van der Waals surface area contributed by atoms with Crippen molar-refractivity contribution in [2.45, 2.75) is 0 Å². The van der Waals surface area contributed by atoms with Crippen LogP contribution in [-0.4, -0.2) is 32.3 Å². The van der Waals surface area contributed by atoms with Gasteiger partial charge in [0.1, 0.15) is 0 Å². The molecule has 5 nitrogen and oxygen atoms in total. The first-order chi connectivity index (χ1) is 6.61. The third-order valence-electron chi connectivity index (χ3n) is 1.70. The van der Waals surface area contributed by atoms with E-state index in [0.717, 1.165) is 0 Å². The van der Waals surface area contributed by atoms with E-state index in [1.165, 1.54) is 4.57 Å². The van der Waals surface area contributed by atoms with Crippen molar-refractivity contribution >= 4 is 16.6 Å². The van der Waals surface area contributed by atoms with Crippen molar-refractivity contribution in [2.24, 2.45) is 7.05 Å². The zero-order valence-electron chi connectivity index (χ0n) is 8.19. The van der Waals surface area contributed by atoms with Crippen LogP contribution in [0.15, 0.2) is 17.2 Å². The molecule has 14 heavy (non-hydrogen) atoms. The largest absolute Gasteiger partial charge is 0.365 e. The summed E-state index contributed by atoms with van der Waals surface area (Å²) >= 11 is 0. The molecule has 78 valence electrons. The highest BCUT2D eigenvalue weighted by Crippen LogP contribution is 1.90. The Balaban J connectivity index is 2.64. The summed E-state index contributed by atoms with van der Waals surface area (Å²) in [6.07, 6.45) is 4.76. The summed E-state index contributed by atoms with van der Waals surface area (Å²) < 4.78 is 12.2. The van der Waals surface area contributed by atoms with Crippen LogP contribution in [0, 0.1) is 0 Å². The van der Waals surface area contributed by atoms with E-state index in [1.54, 1.807) is 25.7 Å². The fourth-order valence-corrected chi connectivity index (χ4v) is 1.32. The number of nitrogens with zero attached hydrogens (tertiary/aromatic N) is 2. The molecule has 0 fully saturated rings. The van der Waals surface area contributed by atoms with Gasteiger partial charge in [-0.25, -0.2) is 4.98 Å². The summed E-state index contributed by atoms with van der Waals surface area (Å²) in [5, 5.41) is 2.85. The number of aromatic nitrogens is 2. The zero-order valence-corrected chi connectivity index (χ0v) is 9.00. The van der Waals surface area contributed by atoms with E-state index in [0.29, 0.717) is 18.1 Å². The number of nitrogens with one attached hydrogen (secondary N) is 1. The Morgan fingerprint density at radius 1 is 1.64 bits per heavy atom. The molecule has 1 N–H and O–H groups in total. The maximum atomic E-state index is 11.4. The lowest BCUT2D eigenvalue weighted by Crippen LogP contribution is -2.23. The fraction of sp³-hybridized carbons (Fsp3) is 0.500. The predicted molar refractivity (Wildman–Crippen MR) is 56.9 cm³/mol. The Hall–Kier alpha value is -1.17. The van der Waals surface area contributed by atoms with Crippen LogP contribution >= 0.6 is 0 Å². The summed E-state index contributed by atoms with van der Waals surface area (Å²) in [6.45, 7) is 0.495. The lowest BCUT2D eigenvalue weighted by Gasteiger charge is -2.04. The average molecular weight is 215 g/mol. The minimum Gasteiger partial charge on any atom is -0.365 e. The number of aryl methyl sites for hydroxylation is 1. The molecule has 0 amide bonds. The van der Waals surface area contributed by atoms with Gasteiger partial charge in [0.25, 0.3) is 5.56 Å². The third-order valence-corrected chi connectivity index (χ3v) is 2.48. The minimum atomic E-state index is -0.850. The highest BCUT2D eigenvalue weighted by atomic mass is 32.2. The minimum absolute atomic E-state index is 0.172. The van der Waals surface area contributed by atoms with E-state index >= 15 is 0 Å². The number of rotatable bonds is 4. The summed E-state index contributed by atoms with van der Waals surface area (Å²) in [5.41, 5.74) is -0.172. The van der Waals surface area contributed by atoms with Crippen LogP contribution in [0.5, 0.6) is 0 Å². The first kappa shape index (κ1) is 10.9. The van der Waals surface area contributed by atoms with E-state index < -0.39 is 10.8 Å². The number of anilines is 1. The molecule has 0 aliphatic rings. The van der Waals surface area contributed by atoms with Crippen LogP contribution in [0.25, 0.3) is 0 Å². The maximum Gasteiger partial charge on any atom is 0.293 e. The van der Waals surface area contributed by atoms with Gasteiger partial charge in [0, 0.05) is 48.8 Å². The van der Waals surface area contributed by atoms with Crippen LogP contribution < -0.4 is 10.9 Å². The lowest BCUT2D eigenvalue weighted by molar-refractivity contribution is 0.687. The summed E-state index contributed by atoms with van der Waals surface area (Å²) in [4.78, 5) is 15.3. The van der Waals surface area contributed by atoms with E-state index in [1.807, 2.05) is 0 Å². The highest BCUT2D eigenvalue weighted by molar-refractivity contribution is 7.84. The second-order valence-electron chi connectivity index (χ2n) is 2.90. The quantitative estimate of drug-likeness (QED) is 0.740. The van der Waals surface area contributed by atoms with Crippen molar-refractivity contribution in [3.8, 4) is 0 Å². The van der Waals surface area contributed by atoms with Crippen LogP contribution in [0.3, 0.4) is 0 Å². The molecule has 0 aromatic carbocycles. The standard InChI is InChI=1S/C8H13N3O2S/c1-11-5-3-9-7(8(11)12)10-4-6-14(2)13/h3,5H,4,6H2,1-2H3,(H,9,10). The van der Waals surface area contributed by atoms with Gasteiger partial charge in [-0.3, -0.25) is 9.00 Å². The normalized spacial score (nSPS) is 12.4. The van der Waals surface area contributed by atoms with E-state index in [-0.39, 0.29) is 5.56 Å². The van der Waals surface area contributed by atoms with Gasteiger partial charge in [-0.15, -0.1) is 0 Å². The molecule has 1 aromatic rings. The van der Waals surface area contributed by atoms with Gasteiger partial charge in [-0.1, -0.05) is 0 Å². The number of hydrogen-bond donors (Lipinski definition) is 1. The Kier molecular flexibility index (Phi) is 3.82. The molecule has 0 saturated heterocycles. The Morgan fingerprint density at radius 3 is 3.00 bits per heavy atom. The third kappa shape index (κ3) is 2.95. The van der Waals surface area contributed by atoms with E-state index in [9.17, 15) is 9.00 Å². The Bertz CT molecular complexity index is 388. The fourth-order valence-electron chi connectivity index (χ4n) is 0.932. The van der Waals surface area contributed by atoms with Gasteiger partial charge in [0.2, 0.25) is 0 Å². The Labute approximate surface area is 84.6 Å². The van der Waals surface area contributed by atoms with Gasteiger partial charge in [0.05, 0.1) is 0 Å². The van der Waals surface area contributed by atoms with Gasteiger partial charge in [0.15, 0.2) is 5.82 Å². The van der Waals surface area contributed by atoms with E-state index in [4.69, 9.17) is 0 Å². The molecule has 1 rings (SSSR count). The molecule has 1 atom stereocenters. The Morgan fingerprint density at radius 2 is 2.36 bits per heavy atom. The monoisotopic (exact) mass is 215 g/mol. The molecule has 0 saturated carbocycles. The first-order valence-corrected chi connectivity index (χ1v) is 5.89. The predicted octanol–water partition coefficient (Wildman–Crippen LogP) is -0.429. The molecule has 1 aromatic heterocycles.